The number of aromatic nitrogens is 2. The number of methoxy groups -OCH3 is 2. The molecular weight excluding hydrogens is 538 g/mol. The van der Waals surface area contributed by atoms with Gasteiger partial charge in [-0.2, -0.15) is 0 Å². The second kappa shape index (κ2) is 14.2. The lowest BCUT2D eigenvalue weighted by molar-refractivity contribution is -0.0444. The quantitative estimate of drug-likeness (QED) is 0.197. The van der Waals surface area contributed by atoms with Gasteiger partial charge in [-0.3, -0.25) is 14.9 Å². The van der Waals surface area contributed by atoms with E-state index in [0.29, 0.717) is 17.9 Å². The van der Waals surface area contributed by atoms with Crippen LogP contribution in [0.3, 0.4) is 0 Å². The second-order valence-corrected chi connectivity index (χ2v) is 11.7. The van der Waals surface area contributed by atoms with Gasteiger partial charge in [0.05, 0.1) is 37.0 Å². The third kappa shape index (κ3) is 6.93. The highest BCUT2D eigenvalue weighted by Crippen LogP contribution is 2.42. The van der Waals surface area contributed by atoms with Gasteiger partial charge in [0.2, 0.25) is 0 Å². The maximum absolute atomic E-state index is 11.2. The summed E-state index contributed by atoms with van der Waals surface area (Å²) in [5, 5.41) is 16.7. The Bertz CT molecular complexity index is 1530. The van der Waals surface area contributed by atoms with E-state index >= 15 is 0 Å². The standard InChI is InChI=1S/C20H24N2O2.C15H21N3O/c1-3-13-12-22-9-7-14(13)10-19(22)20(23)16-6-8-21-18-5-4-15(24-2)11-17(16)18;1-11(5-3-7-16)18-14-10-13(19-2)9-12-6-4-8-17-15(12)14/h3-6,8,11,13-14,19-20,23H,1,7,9-10,12H2,2H3;4,6,8-11,18H,3,5,7,16H2,1-2H3/t13-,14-,19-,20+;/m0./s1. The molecule has 3 aliphatic rings. The Kier molecular flexibility index (Phi) is 10.1. The van der Waals surface area contributed by atoms with Gasteiger partial charge in [-0.25, -0.2) is 0 Å². The average Bonchev–Trinajstić information content (AvgIpc) is 3.06. The smallest absolute Gasteiger partial charge is 0.121 e. The zero-order valence-electron chi connectivity index (χ0n) is 25.6. The number of aliphatic hydroxyl groups excluding tert-OH is 1. The molecule has 6 atom stereocenters. The number of piperidine rings is 3. The number of hydrogen-bond acceptors (Lipinski definition) is 8. The highest BCUT2D eigenvalue weighted by Gasteiger charge is 2.42. The number of benzene rings is 2. The maximum atomic E-state index is 11.2. The summed E-state index contributed by atoms with van der Waals surface area (Å²) in [6, 6.07) is 16.3. The molecule has 0 spiro atoms. The van der Waals surface area contributed by atoms with Crippen LogP contribution in [0.25, 0.3) is 21.8 Å². The van der Waals surface area contributed by atoms with E-state index in [0.717, 1.165) is 83.5 Å². The third-order valence-corrected chi connectivity index (χ3v) is 8.98. The fourth-order valence-electron chi connectivity index (χ4n) is 6.60. The molecule has 3 fully saturated rings. The molecule has 228 valence electrons. The number of ether oxygens (including phenoxy) is 2. The minimum Gasteiger partial charge on any atom is -0.497 e. The number of nitrogens with zero attached hydrogens (tertiary/aromatic N) is 3. The molecule has 8 heteroatoms. The van der Waals surface area contributed by atoms with Crippen LogP contribution in [0, 0.1) is 11.8 Å². The van der Waals surface area contributed by atoms with E-state index in [4.69, 9.17) is 15.2 Å². The summed E-state index contributed by atoms with van der Waals surface area (Å²) in [6.07, 6.45) is 9.49. The lowest BCUT2D eigenvalue weighted by Crippen LogP contribution is -2.54. The monoisotopic (exact) mass is 583 g/mol. The van der Waals surface area contributed by atoms with Crippen molar-refractivity contribution in [2.45, 2.75) is 50.8 Å². The van der Waals surface area contributed by atoms with E-state index in [1.807, 2.05) is 54.7 Å². The lowest BCUT2D eigenvalue weighted by atomic mass is 9.73. The molecule has 43 heavy (non-hydrogen) atoms. The first kappa shape index (κ1) is 30.7. The minimum atomic E-state index is -0.504. The predicted octanol–water partition coefficient (Wildman–Crippen LogP) is 5.96. The molecule has 2 unspecified atom stereocenters. The fourth-order valence-corrected chi connectivity index (χ4v) is 6.60. The highest BCUT2D eigenvalue weighted by atomic mass is 16.5. The van der Waals surface area contributed by atoms with E-state index in [1.54, 1.807) is 20.4 Å². The van der Waals surface area contributed by atoms with Gasteiger partial charge in [0.25, 0.3) is 0 Å². The predicted molar refractivity (Wildman–Crippen MR) is 175 cm³/mol. The van der Waals surface area contributed by atoms with E-state index in [1.165, 1.54) is 6.42 Å². The topological polar surface area (TPSA) is 106 Å². The summed E-state index contributed by atoms with van der Waals surface area (Å²) in [5.74, 6) is 2.85. The first-order valence-electron chi connectivity index (χ1n) is 15.3. The van der Waals surface area contributed by atoms with E-state index in [2.05, 4.69) is 39.8 Å². The fraction of sp³-hybridized carbons (Fsp3) is 0.429. The second-order valence-electron chi connectivity index (χ2n) is 11.7. The van der Waals surface area contributed by atoms with Crippen molar-refractivity contribution in [3.63, 3.8) is 0 Å². The zero-order valence-corrected chi connectivity index (χ0v) is 25.6. The van der Waals surface area contributed by atoms with Crippen LogP contribution in [0.2, 0.25) is 0 Å². The van der Waals surface area contributed by atoms with Crippen LogP contribution in [-0.4, -0.2) is 65.9 Å². The van der Waals surface area contributed by atoms with E-state index in [-0.39, 0.29) is 6.04 Å². The molecule has 2 bridgehead atoms. The number of fused-ring (bicyclic) bond motifs is 5. The van der Waals surface area contributed by atoms with Crippen molar-refractivity contribution in [3.8, 4) is 11.5 Å². The highest BCUT2D eigenvalue weighted by molar-refractivity contribution is 5.92. The number of rotatable bonds is 10. The molecule has 4 aromatic rings. The van der Waals surface area contributed by atoms with Gasteiger partial charge in [0.15, 0.2) is 0 Å². The van der Waals surface area contributed by atoms with Crippen LogP contribution in [-0.2, 0) is 0 Å². The van der Waals surface area contributed by atoms with Crippen LogP contribution in [0.4, 0.5) is 5.69 Å². The SMILES string of the molecule is C=C[C@H]1CN2CC[C@H]1C[C@H]2[C@H](O)c1ccnc2ccc(OC)cc12.COc1cc(NC(C)CCCN)c2ncccc2c1. The maximum Gasteiger partial charge on any atom is 0.121 e. The van der Waals surface area contributed by atoms with Gasteiger partial charge >= 0.3 is 0 Å². The van der Waals surface area contributed by atoms with E-state index < -0.39 is 6.10 Å². The van der Waals surface area contributed by atoms with Crippen molar-refractivity contribution in [1.29, 1.82) is 0 Å². The number of anilines is 1. The third-order valence-electron chi connectivity index (χ3n) is 8.98. The molecule has 0 saturated carbocycles. The van der Waals surface area contributed by atoms with Crippen molar-refractivity contribution < 1.29 is 14.6 Å². The molecule has 3 aliphatic heterocycles. The van der Waals surface area contributed by atoms with E-state index in [9.17, 15) is 5.11 Å². The van der Waals surface area contributed by atoms with Crippen molar-refractivity contribution in [1.82, 2.24) is 14.9 Å². The molecule has 0 aliphatic carbocycles. The first-order valence-corrected chi connectivity index (χ1v) is 15.3. The average molecular weight is 584 g/mol. The van der Waals surface area contributed by atoms with Gasteiger partial charge in [-0.15, -0.1) is 6.58 Å². The molecule has 3 saturated heterocycles. The Morgan fingerprint density at radius 3 is 2.67 bits per heavy atom. The summed E-state index contributed by atoms with van der Waals surface area (Å²) in [7, 11) is 3.34. The van der Waals surface area contributed by atoms with Crippen LogP contribution in [0.15, 0.2) is 73.6 Å². The Morgan fingerprint density at radius 2 is 1.95 bits per heavy atom. The van der Waals surface area contributed by atoms with Gasteiger partial charge in [-0.05, 0) is 99.5 Å². The summed E-state index contributed by atoms with van der Waals surface area (Å²) in [5.41, 5.74) is 9.38. The number of aliphatic hydroxyl groups is 1. The Labute approximate surface area is 254 Å². The minimum absolute atomic E-state index is 0.178. The molecule has 0 amide bonds. The number of nitrogens with two attached hydrogens (primary N) is 1. The van der Waals surface area contributed by atoms with Gasteiger partial charge in [0, 0.05) is 47.9 Å². The summed E-state index contributed by atoms with van der Waals surface area (Å²) < 4.78 is 10.7. The molecule has 5 heterocycles. The summed E-state index contributed by atoms with van der Waals surface area (Å²) in [4.78, 5) is 11.3. The van der Waals surface area contributed by atoms with Crippen molar-refractivity contribution in [3.05, 3.63) is 79.1 Å². The van der Waals surface area contributed by atoms with Gasteiger partial charge < -0.3 is 25.6 Å². The zero-order chi connectivity index (χ0) is 30.3. The van der Waals surface area contributed by atoms with Crippen molar-refractivity contribution in [2.24, 2.45) is 17.6 Å². The Hall–Kier alpha value is -3.72. The summed E-state index contributed by atoms with van der Waals surface area (Å²) >= 11 is 0. The van der Waals surface area contributed by atoms with Crippen LogP contribution >= 0.6 is 0 Å². The molecule has 2 aromatic heterocycles. The van der Waals surface area contributed by atoms with Gasteiger partial charge in [-0.1, -0.05) is 12.1 Å². The van der Waals surface area contributed by atoms with Crippen LogP contribution in [0.5, 0.6) is 11.5 Å². The first-order chi connectivity index (χ1) is 20.9. The number of pyridine rings is 2. The number of hydrogen-bond donors (Lipinski definition) is 3. The van der Waals surface area contributed by atoms with Crippen molar-refractivity contribution >= 4 is 27.5 Å². The lowest BCUT2D eigenvalue weighted by Gasteiger charge is -2.50. The number of nitrogens with one attached hydrogen (secondary N) is 1. The molecule has 8 nitrogen and oxygen atoms in total. The van der Waals surface area contributed by atoms with Crippen LogP contribution in [0.1, 0.15) is 44.3 Å². The Morgan fingerprint density at radius 1 is 1.12 bits per heavy atom. The normalized spacial score (nSPS) is 22.3. The largest absolute Gasteiger partial charge is 0.497 e. The van der Waals surface area contributed by atoms with Crippen LogP contribution < -0.4 is 20.5 Å². The molecular formula is C35H45N5O3. The Balaban J connectivity index is 0.000000177. The molecule has 7 rings (SSSR count). The molecule has 0 radical (unpaired) electrons. The molecule has 4 N–H and O–H groups in total. The summed E-state index contributed by atoms with van der Waals surface area (Å²) in [6.45, 7) is 8.95. The van der Waals surface area contributed by atoms with Gasteiger partial charge in [0.1, 0.15) is 11.5 Å². The van der Waals surface area contributed by atoms with Crippen molar-refractivity contribution in [2.75, 3.05) is 39.2 Å². The molecule has 2 aromatic carbocycles.